The molecule has 0 saturated heterocycles. The molecule has 2 aromatic heterocycles. The highest BCUT2D eigenvalue weighted by Crippen LogP contribution is 2.29. The first-order valence-corrected chi connectivity index (χ1v) is 9.56. The summed E-state index contributed by atoms with van der Waals surface area (Å²) in [4.78, 5) is 15.6. The molecule has 0 aliphatic heterocycles. The molecule has 148 valence electrons. The van der Waals surface area contributed by atoms with Crippen LogP contribution >= 0.6 is 0 Å². The average Bonchev–Trinajstić information content (AvgIpc) is 3.41. The van der Waals surface area contributed by atoms with Crippen molar-refractivity contribution in [3.63, 3.8) is 0 Å². The van der Waals surface area contributed by atoms with Crippen LogP contribution in [0.2, 0.25) is 0 Å². The van der Waals surface area contributed by atoms with Gasteiger partial charge in [-0.15, -0.1) is 5.10 Å². The Bertz CT molecular complexity index is 970. The summed E-state index contributed by atoms with van der Waals surface area (Å²) in [6.07, 6.45) is 4.40. The number of fused-ring (bicyclic) bond motifs is 1. The summed E-state index contributed by atoms with van der Waals surface area (Å²) >= 11 is 0. The minimum atomic E-state index is -0.0644. The molecule has 28 heavy (non-hydrogen) atoms. The number of hydrogen-bond acceptors (Lipinski definition) is 5. The Kier molecular flexibility index (Phi) is 5.14. The largest absolute Gasteiger partial charge is 0.492 e. The molecule has 1 atom stereocenters. The van der Waals surface area contributed by atoms with Gasteiger partial charge in [-0.3, -0.25) is 4.79 Å². The van der Waals surface area contributed by atoms with E-state index in [-0.39, 0.29) is 13.4 Å². The van der Waals surface area contributed by atoms with Crippen molar-refractivity contribution >= 4 is 11.6 Å². The monoisotopic (exact) mass is 382 g/mol. The number of ether oxygens (including phenoxy) is 2. The van der Waals surface area contributed by atoms with Crippen LogP contribution in [-0.2, 0) is 4.79 Å². The highest BCUT2D eigenvalue weighted by atomic mass is 16.5. The Labute approximate surface area is 165 Å². The number of amides is 1. The lowest BCUT2D eigenvalue weighted by Crippen LogP contribution is -2.35. The van der Waals surface area contributed by atoms with Gasteiger partial charge in [0, 0.05) is 13.9 Å². The fourth-order valence-corrected chi connectivity index (χ4v) is 2.88. The first-order chi connectivity index (χ1) is 13.6. The normalized spacial score (nSPS) is 14.6. The van der Waals surface area contributed by atoms with Crippen LogP contribution in [0.5, 0.6) is 11.5 Å². The highest BCUT2D eigenvalue weighted by molar-refractivity contribution is 5.73. The number of carbonyl (C=O) groups excluding carboxylic acids is 1. The lowest BCUT2D eigenvalue weighted by Gasteiger charge is -2.13. The molecule has 1 amide bonds. The summed E-state index contributed by atoms with van der Waals surface area (Å²) < 4.78 is 13.3. The van der Waals surface area contributed by atoms with Gasteiger partial charge in [-0.05, 0) is 62.1 Å². The maximum Gasteiger partial charge on any atom is 0.217 e. The lowest BCUT2D eigenvalue weighted by atomic mass is 10.2. The minimum absolute atomic E-state index is 0. The van der Waals surface area contributed by atoms with Crippen molar-refractivity contribution in [2.24, 2.45) is 5.92 Å². The number of pyridine rings is 1. The topological polar surface area (TPSA) is 77.8 Å². The van der Waals surface area contributed by atoms with Crippen molar-refractivity contribution in [1.82, 2.24) is 19.9 Å². The number of aromatic nitrogens is 3. The van der Waals surface area contributed by atoms with Crippen molar-refractivity contribution in [2.75, 3.05) is 13.2 Å². The summed E-state index contributed by atoms with van der Waals surface area (Å²) in [6, 6.07) is 11.4. The third-order valence-electron chi connectivity index (χ3n) is 4.55. The Balaban J connectivity index is 0.00000240. The predicted molar refractivity (Wildman–Crippen MR) is 108 cm³/mol. The Hall–Kier alpha value is -3.09. The lowest BCUT2D eigenvalue weighted by molar-refractivity contribution is -0.119. The van der Waals surface area contributed by atoms with Crippen molar-refractivity contribution in [3.05, 3.63) is 42.6 Å². The van der Waals surface area contributed by atoms with Crippen LogP contribution in [-0.4, -0.2) is 39.8 Å². The van der Waals surface area contributed by atoms with E-state index in [9.17, 15) is 4.79 Å². The summed E-state index contributed by atoms with van der Waals surface area (Å²) in [6.45, 7) is 4.58. The molecule has 1 saturated carbocycles. The van der Waals surface area contributed by atoms with Gasteiger partial charge >= 0.3 is 0 Å². The summed E-state index contributed by atoms with van der Waals surface area (Å²) in [7, 11) is 0. The number of nitrogens with zero attached hydrogens (tertiary/aromatic N) is 3. The maximum absolute atomic E-state index is 11.0. The van der Waals surface area contributed by atoms with Crippen LogP contribution in [0.4, 0.5) is 0 Å². The predicted octanol–water partition coefficient (Wildman–Crippen LogP) is 3.33. The van der Waals surface area contributed by atoms with Crippen LogP contribution in [0, 0.1) is 5.92 Å². The van der Waals surface area contributed by atoms with Crippen LogP contribution in [0.15, 0.2) is 42.6 Å². The summed E-state index contributed by atoms with van der Waals surface area (Å²) in [5, 5.41) is 7.35. The number of rotatable bonds is 8. The third kappa shape index (κ3) is 4.60. The molecule has 2 heterocycles. The molecule has 7 heteroatoms. The van der Waals surface area contributed by atoms with Gasteiger partial charge < -0.3 is 14.8 Å². The quantitative estimate of drug-likeness (QED) is 0.647. The van der Waals surface area contributed by atoms with E-state index < -0.39 is 0 Å². The third-order valence-corrected chi connectivity index (χ3v) is 4.55. The summed E-state index contributed by atoms with van der Waals surface area (Å²) in [5.41, 5.74) is 1.68. The zero-order chi connectivity index (χ0) is 19.5. The highest BCUT2D eigenvalue weighted by Gasteiger charge is 2.22. The molecule has 1 aromatic carbocycles. The van der Waals surface area contributed by atoms with Gasteiger partial charge in [0.05, 0.1) is 18.8 Å². The zero-order valence-electron chi connectivity index (χ0n) is 16.1. The molecular weight excluding hydrogens is 356 g/mol. The second-order valence-corrected chi connectivity index (χ2v) is 7.29. The van der Waals surface area contributed by atoms with Gasteiger partial charge in [0.25, 0.3) is 0 Å². The number of hydrogen-bond donors (Lipinski definition) is 1. The average molecular weight is 382 g/mol. The van der Waals surface area contributed by atoms with Gasteiger partial charge in [-0.25, -0.2) is 9.50 Å². The molecule has 3 aromatic rings. The van der Waals surface area contributed by atoms with Crippen LogP contribution in [0.25, 0.3) is 17.0 Å². The number of benzene rings is 1. The Morgan fingerprint density at radius 1 is 1.21 bits per heavy atom. The summed E-state index contributed by atoms with van der Waals surface area (Å²) in [5.74, 6) is 2.85. The second-order valence-electron chi connectivity index (χ2n) is 7.29. The molecule has 0 radical (unpaired) electrons. The number of nitrogens with one attached hydrogen (secondary N) is 1. The maximum atomic E-state index is 11.0. The number of carbonyl (C=O) groups is 1. The Morgan fingerprint density at radius 3 is 2.68 bits per heavy atom. The van der Waals surface area contributed by atoms with Gasteiger partial charge in [0.2, 0.25) is 5.91 Å². The van der Waals surface area contributed by atoms with Gasteiger partial charge in [0.1, 0.15) is 18.1 Å². The fraction of sp³-hybridized carbons (Fsp3) is 0.381. The second kappa shape index (κ2) is 7.88. The van der Waals surface area contributed by atoms with E-state index in [1.165, 1.54) is 19.8 Å². The Morgan fingerprint density at radius 2 is 1.96 bits per heavy atom. The minimum Gasteiger partial charge on any atom is -0.492 e. The van der Waals surface area contributed by atoms with E-state index in [0.29, 0.717) is 18.3 Å². The van der Waals surface area contributed by atoms with Gasteiger partial charge in [0.15, 0.2) is 11.5 Å². The van der Waals surface area contributed by atoms with E-state index in [4.69, 9.17) is 9.47 Å². The SMILES string of the molecule is CC(=O)N[C@@H](C)COc1ccc(-c2nc3ccc(OCC4CC4)cn3n2)cc1.[HH]. The van der Waals surface area contributed by atoms with Crippen LogP contribution in [0.1, 0.15) is 28.1 Å². The van der Waals surface area contributed by atoms with E-state index >= 15 is 0 Å². The van der Waals surface area contributed by atoms with Crippen LogP contribution in [0.3, 0.4) is 0 Å². The van der Waals surface area contributed by atoms with E-state index in [1.807, 2.05) is 49.5 Å². The standard InChI is InChI=1S/C21H24N4O3.H2/c1-14(22-15(2)26)12-27-18-7-5-17(6-8-18)21-23-20-10-9-19(11-25(20)24-21)28-13-16-3-4-16;/h5-11,14,16H,3-4,12-13H2,1-2H3,(H,22,26);1H/t14-;/m0./s1. The van der Waals surface area contributed by atoms with Crippen molar-refractivity contribution in [1.29, 1.82) is 0 Å². The smallest absolute Gasteiger partial charge is 0.217 e. The molecule has 1 fully saturated rings. The van der Waals surface area contributed by atoms with E-state index in [1.54, 1.807) is 4.52 Å². The molecular formula is C21H26N4O3. The fourth-order valence-electron chi connectivity index (χ4n) is 2.88. The first-order valence-electron chi connectivity index (χ1n) is 9.56. The van der Waals surface area contributed by atoms with Crippen molar-refractivity contribution in [2.45, 2.75) is 32.7 Å². The molecule has 0 spiro atoms. The molecule has 7 nitrogen and oxygen atoms in total. The van der Waals surface area contributed by atoms with E-state index in [0.717, 1.165) is 29.3 Å². The molecule has 1 aliphatic carbocycles. The van der Waals surface area contributed by atoms with Gasteiger partial charge in [-0.1, -0.05) is 0 Å². The molecule has 1 aliphatic rings. The molecule has 0 unspecified atom stereocenters. The zero-order valence-corrected chi connectivity index (χ0v) is 16.1. The van der Waals surface area contributed by atoms with E-state index in [2.05, 4.69) is 15.4 Å². The molecule has 1 N–H and O–H groups in total. The van der Waals surface area contributed by atoms with Crippen molar-refractivity contribution < 1.29 is 15.7 Å². The van der Waals surface area contributed by atoms with Crippen molar-refractivity contribution in [3.8, 4) is 22.9 Å². The molecule has 4 rings (SSSR count). The van der Waals surface area contributed by atoms with Crippen LogP contribution < -0.4 is 14.8 Å². The van der Waals surface area contributed by atoms with Gasteiger partial charge in [-0.2, -0.15) is 0 Å². The first kappa shape index (κ1) is 18.3. The molecule has 0 bridgehead atoms.